The highest BCUT2D eigenvalue weighted by Gasteiger charge is 2.08. The molecule has 5 heteroatoms. The molecule has 2 aromatic rings. The molecule has 1 atom stereocenters. The van der Waals surface area contributed by atoms with Crippen LogP contribution in [-0.2, 0) is 11.2 Å². The topological polar surface area (TPSA) is 68.7 Å². The number of nitrogens with zero attached hydrogens (tertiary/aromatic N) is 1. The monoisotopic (exact) mass is 357 g/mol. The van der Waals surface area contributed by atoms with E-state index in [0.717, 1.165) is 18.6 Å². The Labute approximate surface area is 155 Å². The quantitative estimate of drug-likeness (QED) is 0.691. The highest BCUT2D eigenvalue weighted by molar-refractivity contribution is 5.79. The van der Waals surface area contributed by atoms with Crippen LogP contribution < -0.4 is 9.47 Å². The van der Waals surface area contributed by atoms with Crippen molar-refractivity contribution in [3.63, 3.8) is 0 Å². The summed E-state index contributed by atoms with van der Waals surface area (Å²) in [7, 11) is 0. The van der Waals surface area contributed by atoms with Gasteiger partial charge >= 0.3 is 0 Å². The normalized spacial score (nSPS) is 12.0. The third-order valence-electron chi connectivity index (χ3n) is 3.90. The van der Waals surface area contributed by atoms with Gasteiger partial charge in [0.15, 0.2) is 5.78 Å². The van der Waals surface area contributed by atoms with Gasteiger partial charge < -0.3 is 14.6 Å². The lowest BCUT2D eigenvalue weighted by molar-refractivity contribution is -0.122. The fraction of sp³-hybridized carbons (Fsp3) is 0.429. The summed E-state index contributed by atoms with van der Waals surface area (Å²) in [5.74, 6) is 2.15. The summed E-state index contributed by atoms with van der Waals surface area (Å²) in [6.07, 6.45) is 3.97. The Morgan fingerprint density at radius 3 is 2.35 bits per heavy atom. The Morgan fingerprint density at radius 2 is 1.77 bits per heavy atom. The molecule has 0 aliphatic rings. The molecule has 0 spiro atoms. The highest BCUT2D eigenvalue weighted by atomic mass is 16.5. The van der Waals surface area contributed by atoms with Gasteiger partial charge in [-0.3, -0.25) is 4.79 Å². The van der Waals surface area contributed by atoms with Gasteiger partial charge in [-0.25, -0.2) is 4.98 Å². The molecule has 0 bridgehead atoms. The van der Waals surface area contributed by atoms with E-state index < -0.39 is 0 Å². The summed E-state index contributed by atoms with van der Waals surface area (Å²) in [5, 5.41) is 8.80. The number of aliphatic hydroxyl groups excluding tert-OH is 1. The molecule has 0 radical (unpaired) electrons. The third-order valence-corrected chi connectivity index (χ3v) is 3.90. The van der Waals surface area contributed by atoms with Crippen LogP contribution in [0.15, 0.2) is 42.6 Å². The molecule has 0 aliphatic heterocycles. The number of ketones is 1. The Balaban J connectivity index is 1.84. The number of pyridine rings is 1. The van der Waals surface area contributed by atoms with Gasteiger partial charge in [-0.1, -0.05) is 19.1 Å². The van der Waals surface area contributed by atoms with Crippen molar-refractivity contribution >= 4 is 5.78 Å². The smallest absolute Gasteiger partial charge is 0.213 e. The van der Waals surface area contributed by atoms with E-state index >= 15 is 0 Å². The van der Waals surface area contributed by atoms with Crippen molar-refractivity contribution < 1.29 is 19.4 Å². The summed E-state index contributed by atoms with van der Waals surface area (Å²) in [4.78, 5) is 15.5. The first-order chi connectivity index (χ1) is 12.5. The minimum atomic E-state index is -0.365. The van der Waals surface area contributed by atoms with Crippen molar-refractivity contribution in [1.29, 1.82) is 0 Å². The van der Waals surface area contributed by atoms with Crippen molar-refractivity contribution in [3.8, 4) is 17.4 Å². The predicted octanol–water partition coefficient (Wildman–Crippen LogP) is 4.18. The maximum Gasteiger partial charge on any atom is 0.213 e. The van der Waals surface area contributed by atoms with E-state index in [1.807, 2.05) is 51.1 Å². The van der Waals surface area contributed by atoms with E-state index in [1.165, 1.54) is 5.56 Å². The Kier molecular flexibility index (Phi) is 7.60. The van der Waals surface area contributed by atoms with Crippen LogP contribution in [0.2, 0.25) is 0 Å². The SMILES string of the molecule is CC(CCc1ccc(Oc2ccc(OC(C)C)nc2)cc1)CC(=O)CO. The number of ether oxygens (including phenoxy) is 2. The number of aromatic nitrogens is 1. The molecule has 5 nitrogen and oxygen atoms in total. The first kappa shape index (κ1) is 19.9. The maximum atomic E-state index is 11.2. The molecule has 140 valence electrons. The molecule has 1 unspecified atom stereocenters. The number of carbonyl (C=O) groups is 1. The summed E-state index contributed by atoms with van der Waals surface area (Å²) < 4.78 is 11.3. The molecule has 0 amide bonds. The number of benzene rings is 1. The molecular weight excluding hydrogens is 330 g/mol. The Bertz CT molecular complexity index is 680. The molecule has 1 aromatic carbocycles. The second kappa shape index (κ2) is 9.92. The van der Waals surface area contributed by atoms with Crippen LogP contribution in [0.5, 0.6) is 17.4 Å². The molecule has 2 rings (SSSR count). The summed E-state index contributed by atoms with van der Waals surface area (Å²) in [6.45, 7) is 5.58. The van der Waals surface area contributed by atoms with Crippen LogP contribution in [0.1, 0.15) is 39.2 Å². The van der Waals surface area contributed by atoms with E-state index in [0.29, 0.717) is 18.1 Å². The van der Waals surface area contributed by atoms with Crippen molar-refractivity contribution in [1.82, 2.24) is 4.98 Å². The Morgan fingerprint density at radius 1 is 1.08 bits per heavy atom. The van der Waals surface area contributed by atoms with E-state index in [9.17, 15) is 4.79 Å². The average Bonchev–Trinajstić information content (AvgIpc) is 2.62. The Hall–Kier alpha value is -2.40. The number of hydrogen-bond donors (Lipinski definition) is 1. The largest absolute Gasteiger partial charge is 0.475 e. The van der Waals surface area contributed by atoms with Crippen LogP contribution in [0, 0.1) is 5.92 Å². The second-order valence-electron chi connectivity index (χ2n) is 6.79. The van der Waals surface area contributed by atoms with Crippen molar-refractivity contribution in [2.24, 2.45) is 5.92 Å². The number of rotatable bonds is 10. The molecule has 26 heavy (non-hydrogen) atoms. The van der Waals surface area contributed by atoms with E-state index in [-0.39, 0.29) is 24.4 Å². The van der Waals surface area contributed by atoms with Crippen LogP contribution in [-0.4, -0.2) is 28.6 Å². The minimum Gasteiger partial charge on any atom is -0.475 e. The number of hydrogen-bond acceptors (Lipinski definition) is 5. The first-order valence-electron chi connectivity index (χ1n) is 8.98. The lowest BCUT2D eigenvalue weighted by Gasteiger charge is -2.11. The molecular formula is C21H27NO4. The molecule has 1 N–H and O–H groups in total. The zero-order chi connectivity index (χ0) is 18.9. The number of carbonyl (C=O) groups excluding carboxylic acids is 1. The summed E-state index contributed by atoms with van der Waals surface area (Å²) >= 11 is 0. The summed E-state index contributed by atoms with van der Waals surface area (Å²) in [5.41, 5.74) is 1.19. The number of aliphatic hydroxyl groups is 1. The van der Waals surface area contributed by atoms with Gasteiger partial charge in [-0.05, 0) is 56.4 Å². The van der Waals surface area contributed by atoms with E-state index in [2.05, 4.69) is 4.98 Å². The lowest BCUT2D eigenvalue weighted by Crippen LogP contribution is -2.10. The van der Waals surface area contributed by atoms with Gasteiger partial charge in [-0.15, -0.1) is 0 Å². The van der Waals surface area contributed by atoms with Crippen molar-refractivity contribution in [2.75, 3.05) is 6.61 Å². The van der Waals surface area contributed by atoms with Crippen LogP contribution in [0.25, 0.3) is 0 Å². The van der Waals surface area contributed by atoms with Gasteiger partial charge in [0, 0.05) is 12.5 Å². The standard InChI is InChI=1S/C21H27NO4/c1-15(2)25-21-11-10-20(13-22-21)26-19-8-6-17(7-9-19)5-4-16(3)12-18(24)14-23/h6-11,13,15-16,23H,4-5,12,14H2,1-3H3. The fourth-order valence-electron chi connectivity index (χ4n) is 2.57. The van der Waals surface area contributed by atoms with E-state index in [1.54, 1.807) is 12.3 Å². The first-order valence-corrected chi connectivity index (χ1v) is 8.98. The zero-order valence-electron chi connectivity index (χ0n) is 15.6. The molecule has 1 aromatic heterocycles. The van der Waals surface area contributed by atoms with Gasteiger partial charge in [0.25, 0.3) is 0 Å². The van der Waals surface area contributed by atoms with Crippen molar-refractivity contribution in [3.05, 3.63) is 48.2 Å². The molecule has 0 saturated heterocycles. The van der Waals surface area contributed by atoms with E-state index in [4.69, 9.17) is 14.6 Å². The second-order valence-corrected chi connectivity index (χ2v) is 6.79. The zero-order valence-corrected chi connectivity index (χ0v) is 15.6. The molecule has 0 fully saturated rings. The molecule has 0 aliphatic carbocycles. The summed E-state index contributed by atoms with van der Waals surface area (Å²) in [6, 6.07) is 11.5. The molecule has 1 heterocycles. The number of Topliss-reactive ketones (excluding diaryl/α,β-unsaturated/α-hetero) is 1. The van der Waals surface area contributed by atoms with Crippen LogP contribution >= 0.6 is 0 Å². The minimum absolute atomic E-state index is 0.0892. The van der Waals surface area contributed by atoms with Gasteiger partial charge in [-0.2, -0.15) is 0 Å². The van der Waals surface area contributed by atoms with Crippen LogP contribution in [0.4, 0.5) is 0 Å². The maximum absolute atomic E-state index is 11.2. The third kappa shape index (κ3) is 6.84. The molecule has 0 saturated carbocycles. The fourth-order valence-corrected chi connectivity index (χ4v) is 2.57. The predicted molar refractivity (Wildman–Crippen MR) is 101 cm³/mol. The lowest BCUT2D eigenvalue weighted by atomic mass is 9.96. The highest BCUT2D eigenvalue weighted by Crippen LogP contribution is 2.23. The van der Waals surface area contributed by atoms with Gasteiger partial charge in [0.1, 0.15) is 18.1 Å². The van der Waals surface area contributed by atoms with Crippen LogP contribution in [0.3, 0.4) is 0 Å². The van der Waals surface area contributed by atoms with Gasteiger partial charge in [0.05, 0.1) is 12.3 Å². The number of aryl methyl sites for hydroxylation is 1. The average molecular weight is 357 g/mol. The van der Waals surface area contributed by atoms with Crippen molar-refractivity contribution in [2.45, 2.75) is 46.1 Å². The van der Waals surface area contributed by atoms with Gasteiger partial charge in [0.2, 0.25) is 5.88 Å².